The minimum absolute atomic E-state index is 0.0771. The van der Waals surface area contributed by atoms with Gasteiger partial charge in [0, 0.05) is 25.7 Å². The number of aromatic nitrogens is 1. The van der Waals surface area contributed by atoms with Gasteiger partial charge in [0.05, 0.1) is 19.2 Å². The molecule has 10 heteroatoms. The predicted molar refractivity (Wildman–Crippen MR) is 145 cm³/mol. The van der Waals surface area contributed by atoms with Gasteiger partial charge >= 0.3 is 0 Å². The zero-order valence-electron chi connectivity index (χ0n) is 21.0. The summed E-state index contributed by atoms with van der Waals surface area (Å²) < 4.78 is 33.8. The summed E-state index contributed by atoms with van der Waals surface area (Å²) in [7, 11) is -2.16. The number of amides is 1. The van der Waals surface area contributed by atoms with E-state index in [1.165, 1.54) is 11.4 Å². The molecule has 3 aromatic rings. The molecule has 0 bridgehead atoms. The van der Waals surface area contributed by atoms with Crippen LogP contribution in [0.2, 0.25) is 0 Å². The van der Waals surface area contributed by atoms with Crippen molar-refractivity contribution in [1.29, 1.82) is 0 Å². The van der Waals surface area contributed by atoms with Crippen LogP contribution in [-0.2, 0) is 10.0 Å². The zero-order valence-corrected chi connectivity index (χ0v) is 22.7. The second-order valence-electron chi connectivity index (χ2n) is 9.21. The number of benzene rings is 1. The summed E-state index contributed by atoms with van der Waals surface area (Å²) in [5, 5.41) is 11.6. The SMILES string of the molecule is C[C@H](CO)N1C[C@H](C)[C@H](CN(C)S(=O)(=O)c2cccs2)Oc2ncc(/C=C/c3ccccc3)cc2C1=O. The van der Waals surface area contributed by atoms with E-state index < -0.39 is 22.2 Å². The number of carbonyl (C=O) groups excluding carboxylic acids is 1. The smallest absolute Gasteiger partial charge is 0.259 e. The summed E-state index contributed by atoms with van der Waals surface area (Å²) in [4.78, 5) is 19.6. The molecule has 1 amide bonds. The van der Waals surface area contributed by atoms with Crippen molar-refractivity contribution in [3.63, 3.8) is 0 Å². The summed E-state index contributed by atoms with van der Waals surface area (Å²) >= 11 is 1.16. The second-order valence-corrected chi connectivity index (χ2v) is 12.4. The van der Waals surface area contributed by atoms with Crippen molar-refractivity contribution >= 4 is 39.4 Å². The number of nitrogens with zero attached hydrogens (tertiary/aromatic N) is 3. The fraction of sp³-hybridized carbons (Fsp3) is 0.333. The molecule has 3 heterocycles. The number of hydrogen-bond donors (Lipinski definition) is 1. The first-order valence-corrected chi connectivity index (χ1v) is 14.3. The average Bonchev–Trinajstić information content (AvgIpc) is 3.46. The lowest BCUT2D eigenvalue weighted by molar-refractivity contribution is 0.0373. The van der Waals surface area contributed by atoms with E-state index in [2.05, 4.69) is 4.98 Å². The first kappa shape index (κ1) is 27.0. The minimum Gasteiger partial charge on any atom is -0.472 e. The fourth-order valence-corrected chi connectivity index (χ4v) is 6.48. The highest BCUT2D eigenvalue weighted by Gasteiger charge is 2.36. The topological polar surface area (TPSA) is 100 Å². The minimum atomic E-state index is -3.68. The number of ether oxygens (including phenoxy) is 1. The molecule has 2 aromatic heterocycles. The van der Waals surface area contributed by atoms with Crippen LogP contribution in [0.25, 0.3) is 12.2 Å². The molecule has 0 fully saturated rings. The van der Waals surface area contributed by atoms with Gasteiger partial charge in [-0.2, -0.15) is 4.31 Å². The van der Waals surface area contributed by atoms with E-state index >= 15 is 0 Å². The van der Waals surface area contributed by atoms with Crippen molar-refractivity contribution in [3.8, 4) is 5.88 Å². The summed E-state index contributed by atoms with van der Waals surface area (Å²) in [6.07, 6.45) is 4.86. The highest BCUT2D eigenvalue weighted by molar-refractivity contribution is 7.91. The van der Waals surface area contributed by atoms with Crippen molar-refractivity contribution < 1.29 is 23.1 Å². The van der Waals surface area contributed by atoms with Gasteiger partial charge in [0.15, 0.2) is 0 Å². The number of fused-ring (bicyclic) bond motifs is 1. The van der Waals surface area contributed by atoms with Crippen molar-refractivity contribution in [2.24, 2.45) is 5.92 Å². The molecule has 1 aliphatic rings. The summed E-state index contributed by atoms with van der Waals surface area (Å²) in [6.45, 7) is 3.85. The Morgan fingerprint density at radius 2 is 1.95 bits per heavy atom. The number of pyridine rings is 1. The van der Waals surface area contributed by atoms with Gasteiger partial charge in [-0.3, -0.25) is 4.79 Å². The molecule has 0 saturated carbocycles. The number of rotatable bonds is 8. The van der Waals surface area contributed by atoms with E-state index in [0.29, 0.717) is 6.54 Å². The van der Waals surface area contributed by atoms with Crippen LogP contribution < -0.4 is 4.74 Å². The van der Waals surface area contributed by atoms with Gasteiger partial charge < -0.3 is 14.7 Å². The van der Waals surface area contributed by atoms with Gasteiger partial charge in [0.1, 0.15) is 15.9 Å². The van der Waals surface area contributed by atoms with E-state index in [1.807, 2.05) is 49.4 Å². The number of hydrogen-bond acceptors (Lipinski definition) is 7. The van der Waals surface area contributed by atoms with E-state index in [1.54, 1.807) is 41.6 Å². The first-order chi connectivity index (χ1) is 17.7. The maximum atomic E-state index is 13.6. The van der Waals surface area contributed by atoms with Crippen LogP contribution in [0, 0.1) is 5.92 Å². The average molecular weight is 542 g/mol. The molecule has 37 heavy (non-hydrogen) atoms. The predicted octanol–water partition coefficient (Wildman–Crippen LogP) is 3.85. The largest absolute Gasteiger partial charge is 0.472 e. The maximum Gasteiger partial charge on any atom is 0.259 e. The number of aliphatic hydroxyl groups excluding tert-OH is 1. The third-order valence-electron chi connectivity index (χ3n) is 6.41. The lowest BCUT2D eigenvalue weighted by Gasteiger charge is -2.37. The number of sulfonamides is 1. The fourth-order valence-electron chi connectivity index (χ4n) is 4.10. The van der Waals surface area contributed by atoms with Gasteiger partial charge in [-0.15, -0.1) is 11.3 Å². The summed E-state index contributed by atoms with van der Waals surface area (Å²) in [5.41, 5.74) is 2.01. The van der Waals surface area contributed by atoms with Crippen LogP contribution in [0.4, 0.5) is 0 Å². The molecule has 1 N–H and O–H groups in total. The molecule has 0 unspecified atom stereocenters. The van der Waals surface area contributed by atoms with Crippen molar-refractivity contribution in [2.75, 3.05) is 26.7 Å². The molecule has 0 aliphatic carbocycles. The molecular weight excluding hydrogens is 510 g/mol. The molecule has 3 atom stereocenters. The van der Waals surface area contributed by atoms with Gasteiger partial charge in [-0.25, -0.2) is 13.4 Å². The Balaban J connectivity index is 1.67. The monoisotopic (exact) mass is 541 g/mol. The Morgan fingerprint density at radius 3 is 2.62 bits per heavy atom. The third-order valence-corrected chi connectivity index (χ3v) is 9.60. The molecule has 4 rings (SSSR count). The highest BCUT2D eigenvalue weighted by atomic mass is 32.2. The van der Waals surface area contributed by atoms with Gasteiger partial charge in [0.25, 0.3) is 15.9 Å². The molecule has 0 radical (unpaired) electrons. The Kier molecular flexibility index (Phi) is 8.43. The van der Waals surface area contributed by atoms with Crippen LogP contribution in [0.15, 0.2) is 64.3 Å². The quantitative estimate of drug-likeness (QED) is 0.465. The molecule has 0 spiro atoms. The Hall–Kier alpha value is -3.05. The van der Waals surface area contributed by atoms with Crippen molar-refractivity contribution in [3.05, 3.63) is 76.8 Å². The molecule has 0 saturated heterocycles. The van der Waals surface area contributed by atoms with E-state index in [0.717, 1.165) is 22.5 Å². The van der Waals surface area contributed by atoms with E-state index in [9.17, 15) is 18.3 Å². The molecule has 1 aliphatic heterocycles. The Labute approximate surface area is 221 Å². The maximum absolute atomic E-state index is 13.6. The molecular formula is C27H31N3O5S2. The second kappa shape index (κ2) is 11.6. The highest BCUT2D eigenvalue weighted by Crippen LogP contribution is 2.29. The third kappa shape index (κ3) is 6.10. The number of likely N-dealkylation sites (N-methyl/N-ethyl adjacent to an activating group) is 1. The van der Waals surface area contributed by atoms with Crippen LogP contribution >= 0.6 is 11.3 Å². The number of aliphatic hydroxyl groups is 1. The van der Waals surface area contributed by atoms with Crippen molar-refractivity contribution in [2.45, 2.75) is 30.2 Å². The van der Waals surface area contributed by atoms with Gasteiger partial charge in [-0.1, -0.05) is 55.5 Å². The van der Waals surface area contributed by atoms with Crippen molar-refractivity contribution in [1.82, 2.24) is 14.2 Å². The lowest BCUT2D eigenvalue weighted by Crippen LogP contribution is -2.50. The lowest BCUT2D eigenvalue weighted by atomic mass is 10.00. The zero-order chi connectivity index (χ0) is 26.6. The normalized spacial score (nSPS) is 19.4. The molecule has 1 aromatic carbocycles. The molecule has 8 nitrogen and oxygen atoms in total. The first-order valence-electron chi connectivity index (χ1n) is 12.0. The van der Waals surface area contributed by atoms with Gasteiger partial charge in [0.2, 0.25) is 5.88 Å². The van der Waals surface area contributed by atoms with Crippen LogP contribution in [0.5, 0.6) is 5.88 Å². The number of thiophene rings is 1. The number of carbonyl (C=O) groups is 1. The van der Waals surface area contributed by atoms with Gasteiger partial charge in [-0.05, 0) is 35.6 Å². The van der Waals surface area contributed by atoms with Crippen LogP contribution in [0.3, 0.4) is 0 Å². The van der Waals surface area contributed by atoms with E-state index in [-0.39, 0.29) is 40.6 Å². The van der Waals surface area contributed by atoms with Crippen LogP contribution in [0.1, 0.15) is 35.3 Å². The Morgan fingerprint density at radius 1 is 1.22 bits per heavy atom. The van der Waals surface area contributed by atoms with Crippen LogP contribution in [-0.4, -0.2) is 72.5 Å². The summed E-state index contributed by atoms with van der Waals surface area (Å²) in [6, 6.07) is 14.3. The Bertz CT molecular complexity index is 1340. The van der Waals surface area contributed by atoms with E-state index in [4.69, 9.17) is 4.74 Å². The summed E-state index contributed by atoms with van der Waals surface area (Å²) in [5.74, 6) is -0.370. The standard InChI is InChI=1S/C27H31N3O5S2/c1-19-16-30(20(2)18-31)27(32)23-14-22(12-11-21-8-5-4-6-9-21)15-28-26(23)35-24(19)17-29(3)37(33,34)25-10-7-13-36-25/h4-15,19-20,24,31H,16-18H2,1-3H3/b12-11+/t19-,20+,24-/m0/s1. The molecule has 196 valence electrons.